The quantitative estimate of drug-likeness (QED) is 0.625. The van der Waals surface area contributed by atoms with E-state index in [9.17, 15) is 4.79 Å². The van der Waals surface area contributed by atoms with E-state index < -0.39 is 5.54 Å². The standard InChI is InChI=1S/C9H16N2O/c1-7(2)8(12)11(5)9(3,4)6-10/h7H,1-5H3. The number of hydrogen-bond donors (Lipinski definition) is 0. The van der Waals surface area contributed by atoms with Gasteiger partial charge in [0.1, 0.15) is 5.54 Å². The number of nitrogens with zero attached hydrogens (tertiary/aromatic N) is 2. The summed E-state index contributed by atoms with van der Waals surface area (Å²) in [5.74, 6) is -0.0517. The van der Waals surface area contributed by atoms with Crippen LogP contribution in [0.5, 0.6) is 0 Å². The summed E-state index contributed by atoms with van der Waals surface area (Å²) in [4.78, 5) is 12.9. The molecule has 0 aliphatic carbocycles. The molecule has 0 unspecified atom stereocenters. The fourth-order valence-electron chi connectivity index (χ4n) is 0.738. The Hall–Kier alpha value is -1.04. The molecule has 0 aliphatic rings. The largest absolute Gasteiger partial charge is 0.327 e. The maximum absolute atomic E-state index is 11.4. The summed E-state index contributed by atoms with van der Waals surface area (Å²) in [5.41, 5.74) is -0.707. The third-order valence-electron chi connectivity index (χ3n) is 1.94. The number of nitriles is 1. The zero-order valence-electron chi connectivity index (χ0n) is 8.38. The van der Waals surface area contributed by atoms with Crippen molar-refractivity contribution in [1.29, 1.82) is 5.26 Å². The highest BCUT2D eigenvalue weighted by molar-refractivity contribution is 5.78. The molecule has 0 aromatic heterocycles. The van der Waals surface area contributed by atoms with Crippen LogP contribution in [0.3, 0.4) is 0 Å². The normalized spacial score (nSPS) is 11.1. The van der Waals surface area contributed by atoms with E-state index >= 15 is 0 Å². The molecule has 0 atom stereocenters. The second-order valence-corrected chi connectivity index (χ2v) is 3.72. The van der Waals surface area contributed by atoms with E-state index in [1.807, 2.05) is 13.8 Å². The summed E-state index contributed by atoms with van der Waals surface area (Å²) in [5, 5.41) is 8.75. The Labute approximate surface area is 74.0 Å². The lowest BCUT2D eigenvalue weighted by Crippen LogP contribution is -2.45. The molecule has 0 saturated carbocycles. The zero-order chi connectivity index (χ0) is 9.94. The second-order valence-electron chi connectivity index (χ2n) is 3.72. The lowest BCUT2D eigenvalue weighted by atomic mass is 10.0. The molecule has 0 radical (unpaired) electrons. The van der Waals surface area contributed by atoms with Gasteiger partial charge < -0.3 is 4.90 Å². The SMILES string of the molecule is CC(C)C(=O)N(C)C(C)(C)C#N. The Kier molecular flexibility index (Phi) is 3.26. The summed E-state index contributed by atoms with van der Waals surface area (Å²) in [7, 11) is 1.66. The van der Waals surface area contributed by atoms with E-state index in [-0.39, 0.29) is 11.8 Å². The Morgan fingerprint density at radius 1 is 1.50 bits per heavy atom. The van der Waals surface area contributed by atoms with Crippen molar-refractivity contribution < 1.29 is 4.79 Å². The first kappa shape index (κ1) is 11.0. The van der Waals surface area contributed by atoms with Gasteiger partial charge in [0.2, 0.25) is 5.91 Å². The highest BCUT2D eigenvalue weighted by Gasteiger charge is 2.28. The molecular formula is C9H16N2O. The van der Waals surface area contributed by atoms with Crippen LogP contribution >= 0.6 is 0 Å². The highest BCUT2D eigenvalue weighted by atomic mass is 16.2. The van der Waals surface area contributed by atoms with Gasteiger partial charge in [-0.05, 0) is 13.8 Å². The van der Waals surface area contributed by atoms with Crippen molar-refractivity contribution in [2.75, 3.05) is 7.05 Å². The molecule has 1 amide bonds. The van der Waals surface area contributed by atoms with Crippen LogP contribution in [-0.2, 0) is 4.79 Å². The number of hydrogen-bond acceptors (Lipinski definition) is 2. The van der Waals surface area contributed by atoms with E-state index in [4.69, 9.17) is 5.26 Å². The molecule has 0 aromatic carbocycles. The minimum atomic E-state index is -0.707. The van der Waals surface area contributed by atoms with Gasteiger partial charge in [0.15, 0.2) is 0 Å². The van der Waals surface area contributed by atoms with Crippen LogP contribution in [0, 0.1) is 17.2 Å². The Bertz CT molecular complexity index is 213. The molecular weight excluding hydrogens is 152 g/mol. The van der Waals surface area contributed by atoms with Crippen molar-refractivity contribution in [2.24, 2.45) is 5.92 Å². The molecule has 0 fully saturated rings. The van der Waals surface area contributed by atoms with E-state index in [2.05, 4.69) is 6.07 Å². The second kappa shape index (κ2) is 3.57. The number of carbonyl (C=O) groups is 1. The van der Waals surface area contributed by atoms with Gasteiger partial charge in [0.05, 0.1) is 6.07 Å². The van der Waals surface area contributed by atoms with Crippen molar-refractivity contribution in [3.63, 3.8) is 0 Å². The van der Waals surface area contributed by atoms with Crippen molar-refractivity contribution in [1.82, 2.24) is 4.90 Å². The van der Waals surface area contributed by atoms with E-state index in [1.54, 1.807) is 20.9 Å². The van der Waals surface area contributed by atoms with E-state index in [0.717, 1.165) is 0 Å². The van der Waals surface area contributed by atoms with Crippen molar-refractivity contribution in [3.8, 4) is 6.07 Å². The number of rotatable bonds is 2. The minimum Gasteiger partial charge on any atom is -0.327 e. The van der Waals surface area contributed by atoms with Gasteiger partial charge in [0.25, 0.3) is 0 Å². The fraction of sp³-hybridized carbons (Fsp3) is 0.778. The molecule has 0 aromatic rings. The molecule has 0 rings (SSSR count). The van der Waals surface area contributed by atoms with Crippen LogP contribution in [0.1, 0.15) is 27.7 Å². The Balaban J connectivity index is 4.52. The van der Waals surface area contributed by atoms with Gasteiger partial charge in [-0.3, -0.25) is 4.79 Å². The lowest BCUT2D eigenvalue weighted by Gasteiger charge is -2.30. The summed E-state index contributed by atoms with van der Waals surface area (Å²) < 4.78 is 0. The van der Waals surface area contributed by atoms with E-state index in [0.29, 0.717) is 0 Å². The molecule has 0 aliphatic heterocycles. The number of amides is 1. The first-order valence-corrected chi connectivity index (χ1v) is 4.02. The van der Waals surface area contributed by atoms with Crippen molar-refractivity contribution in [2.45, 2.75) is 33.2 Å². The Morgan fingerprint density at radius 2 is 1.92 bits per heavy atom. The summed E-state index contributed by atoms with van der Waals surface area (Å²) in [6.45, 7) is 7.11. The van der Waals surface area contributed by atoms with Crippen LogP contribution in [0.25, 0.3) is 0 Å². The molecule has 0 spiro atoms. The van der Waals surface area contributed by atoms with Crippen LogP contribution in [0.2, 0.25) is 0 Å². The monoisotopic (exact) mass is 168 g/mol. The zero-order valence-corrected chi connectivity index (χ0v) is 8.38. The maximum Gasteiger partial charge on any atom is 0.226 e. The van der Waals surface area contributed by atoms with Crippen molar-refractivity contribution >= 4 is 5.91 Å². The molecule has 0 heterocycles. The van der Waals surface area contributed by atoms with Crippen LogP contribution in [0.4, 0.5) is 0 Å². The predicted molar refractivity (Wildman–Crippen MR) is 47.3 cm³/mol. The summed E-state index contributed by atoms with van der Waals surface area (Å²) in [6, 6.07) is 2.08. The maximum atomic E-state index is 11.4. The molecule has 12 heavy (non-hydrogen) atoms. The molecule has 0 bridgehead atoms. The topological polar surface area (TPSA) is 44.1 Å². The van der Waals surface area contributed by atoms with Crippen LogP contribution < -0.4 is 0 Å². The average molecular weight is 168 g/mol. The predicted octanol–water partition coefficient (Wildman–Crippen LogP) is 1.40. The van der Waals surface area contributed by atoms with Gasteiger partial charge >= 0.3 is 0 Å². The molecule has 68 valence electrons. The summed E-state index contributed by atoms with van der Waals surface area (Å²) in [6.07, 6.45) is 0. The smallest absolute Gasteiger partial charge is 0.226 e. The lowest BCUT2D eigenvalue weighted by molar-refractivity contribution is -0.136. The molecule has 3 heteroatoms. The van der Waals surface area contributed by atoms with Crippen LogP contribution in [-0.4, -0.2) is 23.4 Å². The molecule has 0 saturated heterocycles. The van der Waals surface area contributed by atoms with Gasteiger partial charge in [-0.1, -0.05) is 13.8 Å². The fourth-order valence-corrected chi connectivity index (χ4v) is 0.738. The Morgan fingerprint density at radius 3 is 2.17 bits per heavy atom. The van der Waals surface area contributed by atoms with E-state index in [1.165, 1.54) is 4.90 Å². The number of carbonyl (C=O) groups excluding carboxylic acids is 1. The van der Waals surface area contributed by atoms with Crippen molar-refractivity contribution in [3.05, 3.63) is 0 Å². The first-order valence-electron chi connectivity index (χ1n) is 4.02. The van der Waals surface area contributed by atoms with Gasteiger partial charge in [-0.15, -0.1) is 0 Å². The molecule has 0 N–H and O–H groups in total. The average Bonchev–Trinajstić information content (AvgIpc) is 2.01. The first-order chi connectivity index (χ1) is 5.33. The van der Waals surface area contributed by atoms with Crippen LogP contribution in [0.15, 0.2) is 0 Å². The van der Waals surface area contributed by atoms with Gasteiger partial charge in [-0.25, -0.2) is 0 Å². The highest BCUT2D eigenvalue weighted by Crippen LogP contribution is 2.13. The summed E-state index contributed by atoms with van der Waals surface area (Å²) >= 11 is 0. The molecule has 3 nitrogen and oxygen atoms in total. The third kappa shape index (κ3) is 2.23. The minimum absolute atomic E-state index is 0.00144. The third-order valence-corrected chi connectivity index (χ3v) is 1.94. The van der Waals surface area contributed by atoms with Gasteiger partial charge in [0, 0.05) is 13.0 Å². The van der Waals surface area contributed by atoms with Gasteiger partial charge in [-0.2, -0.15) is 5.26 Å².